The second kappa shape index (κ2) is 6.19. The fourth-order valence-electron chi connectivity index (χ4n) is 2.02. The number of aryl methyl sites for hydroxylation is 2. The Hall–Kier alpha value is -2.09. The molecule has 2 aromatic carbocycles. The van der Waals surface area contributed by atoms with Crippen LogP contribution in [0.15, 0.2) is 53.5 Å². The molecule has 0 aliphatic carbocycles. The lowest BCUT2D eigenvalue weighted by Gasteiger charge is -2.06. The third-order valence-corrected chi connectivity index (χ3v) is 3.10. The topological polar surface area (TPSA) is 38.4 Å². The molecule has 0 spiro atoms. The molecule has 2 aromatic rings. The molecule has 2 rings (SSSR count). The summed E-state index contributed by atoms with van der Waals surface area (Å²) >= 11 is 0. The second-order valence-corrected chi connectivity index (χ2v) is 4.74. The standard InChI is InChI=1S/C17H20N2/c1-3-6-14-7-4-5-8-16(14)19-17(18)15-11-9-13(2)10-12-15/h4-5,7-12H,3,6H2,1-2H3,(H2,18,19). The molecule has 2 N–H and O–H groups in total. The van der Waals surface area contributed by atoms with Crippen LogP contribution >= 0.6 is 0 Å². The molecule has 0 saturated carbocycles. The van der Waals surface area contributed by atoms with Crippen molar-refractivity contribution >= 4 is 11.5 Å². The van der Waals surface area contributed by atoms with Crippen LogP contribution in [0.2, 0.25) is 0 Å². The highest BCUT2D eigenvalue weighted by molar-refractivity contribution is 5.99. The number of aliphatic imine (C=N–C) groups is 1. The molecular weight excluding hydrogens is 232 g/mol. The van der Waals surface area contributed by atoms with Gasteiger partial charge in [-0.25, -0.2) is 4.99 Å². The van der Waals surface area contributed by atoms with Gasteiger partial charge in [0.2, 0.25) is 0 Å². The van der Waals surface area contributed by atoms with Gasteiger partial charge < -0.3 is 5.73 Å². The minimum atomic E-state index is 0.573. The zero-order chi connectivity index (χ0) is 13.7. The van der Waals surface area contributed by atoms with E-state index in [0.717, 1.165) is 24.1 Å². The smallest absolute Gasteiger partial charge is 0.131 e. The van der Waals surface area contributed by atoms with Gasteiger partial charge in [0.15, 0.2) is 0 Å². The predicted molar refractivity (Wildman–Crippen MR) is 82.0 cm³/mol. The van der Waals surface area contributed by atoms with Crippen LogP contribution in [0.1, 0.15) is 30.0 Å². The van der Waals surface area contributed by atoms with Crippen molar-refractivity contribution in [3.63, 3.8) is 0 Å². The SMILES string of the molecule is CCCc1ccccc1/N=C(/N)c1ccc(C)cc1. The number of nitrogens with two attached hydrogens (primary N) is 1. The molecule has 0 saturated heterocycles. The van der Waals surface area contributed by atoms with Crippen molar-refractivity contribution in [1.29, 1.82) is 0 Å². The van der Waals surface area contributed by atoms with Gasteiger partial charge in [0, 0.05) is 5.56 Å². The molecule has 98 valence electrons. The summed E-state index contributed by atoms with van der Waals surface area (Å²) in [6, 6.07) is 16.3. The van der Waals surface area contributed by atoms with Gasteiger partial charge in [0.05, 0.1) is 5.69 Å². The molecule has 0 atom stereocenters. The number of para-hydroxylation sites is 1. The first kappa shape index (κ1) is 13.3. The van der Waals surface area contributed by atoms with Gasteiger partial charge in [-0.15, -0.1) is 0 Å². The number of nitrogens with zero attached hydrogens (tertiary/aromatic N) is 1. The van der Waals surface area contributed by atoms with E-state index in [9.17, 15) is 0 Å². The summed E-state index contributed by atoms with van der Waals surface area (Å²) in [5.41, 5.74) is 10.5. The van der Waals surface area contributed by atoms with Gasteiger partial charge in [-0.2, -0.15) is 0 Å². The molecule has 2 nitrogen and oxygen atoms in total. The molecule has 0 unspecified atom stereocenters. The average Bonchev–Trinajstić information content (AvgIpc) is 2.42. The predicted octanol–water partition coefficient (Wildman–Crippen LogP) is 3.98. The zero-order valence-corrected chi connectivity index (χ0v) is 11.6. The molecule has 0 fully saturated rings. The summed E-state index contributed by atoms with van der Waals surface area (Å²) in [7, 11) is 0. The van der Waals surface area contributed by atoms with E-state index in [-0.39, 0.29) is 0 Å². The molecule has 0 aliphatic heterocycles. The van der Waals surface area contributed by atoms with E-state index in [1.807, 2.05) is 30.3 Å². The van der Waals surface area contributed by atoms with Crippen LogP contribution < -0.4 is 5.73 Å². The highest BCUT2D eigenvalue weighted by Crippen LogP contribution is 2.20. The third kappa shape index (κ3) is 3.44. The van der Waals surface area contributed by atoms with E-state index in [4.69, 9.17) is 5.73 Å². The molecule has 19 heavy (non-hydrogen) atoms. The minimum Gasteiger partial charge on any atom is -0.383 e. The van der Waals surface area contributed by atoms with E-state index in [1.165, 1.54) is 11.1 Å². The number of benzene rings is 2. The van der Waals surface area contributed by atoms with Gasteiger partial charge in [-0.1, -0.05) is 61.4 Å². The highest BCUT2D eigenvalue weighted by Gasteiger charge is 2.02. The quantitative estimate of drug-likeness (QED) is 0.648. The molecule has 0 aliphatic rings. The average molecular weight is 252 g/mol. The van der Waals surface area contributed by atoms with Crippen molar-refractivity contribution < 1.29 is 0 Å². The highest BCUT2D eigenvalue weighted by atomic mass is 14.9. The zero-order valence-electron chi connectivity index (χ0n) is 11.6. The van der Waals surface area contributed by atoms with Crippen LogP contribution in [0, 0.1) is 6.92 Å². The molecule has 2 heteroatoms. The Morgan fingerprint density at radius 3 is 2.42 bits per heavy atom. The van der Waals surface area contributed by atoms with Crippen molar-refractivity contribution in [3.8, 4) is 0 Å². The maximum Gasteiger partial charge on any atom is 0.131 e. The summed E-state index contributed by atoms with van der Waals surface area (Å²) in [5.74, 6) is 0.573. The molecule has 0 heterocycles. The fraction of sp³-hybridized carbons (Fsp3) is 0.235. The number of hydrogen-bond donors (Lipinski definition) is 1. The molecule has 0 bridgehead atoms. The maximum absolute atomic E-state index is 6.09. The summed E-state index contributed by atoms with van der Waals surface area (Å²) < 4.78 is 0. The summed E-state index contributed by atoms with van der Waals surface area (Å²) in [6.45, 7) is 4.23. The summed E-state index contributed by atoms with van der Waals surface area (Å²) in [4.78, 5) is 4.57. The van der Waals surface area contributed by atoms with Crippen LogP contribution in [0.5, 0.6) is 0 Å². The van der Waals surface area contributed by atoms with Crippen molar-refractivity contribution in [2.45, 2.75) is 26.7 Å². The van der Waals surface area contributed by atoms with Crippen molar-refractivity contribution in [3.05, 3.63) is 65.2 Å². The molecular formula is C17H20N2. The van der Waals surface area contributed by atoms with Gasteiger partial charge >= 0.3 is 0 Å². The summed E-state index contributed by atoms with van der Waals surface area (Å²) in [6.07, 6.45) is 2.14. The van der Waals surface area contributed by atoms with Gasteiger partial charge in [-0.3, -0.25) is 0 Å². The van der Waals surface area contributed by atoms with E-state index in [1.54, 1.807) is 0 Å². The van der Waals surface area contributed by atoms with Gasteiger partial charge in [-0.05, 0) is 25.0 Å². The van der Waals surface area contributed by atoms with Crippen LogP contribution in [-0.4, -0.2) is 5.84 Å². The van der Waals surface area contributed by atoms with Crippen LogP contribution in [0.25, 0.3) is 0 Å². The molecule has 0 aromatic heterocycles. The lowest BCUT2D eigenvalue weighted by atomic mass is 10.1. The van der Waals surface area contributed by atoms with E-state index < -0.39 is 0 Å². The first-order valence-electron chi connectivity index (χ1n) is 6.70. The van der Waals surface area contributed by atoms with Crippen LogP contribution in [0.4, 0.5) is 5.69 Å². The third-order valence-electron chi connectivity index (χ3n) is 3.10. The van der Waals surface area contributed by atoms with Crippen molar-refractivity contribution in [2.24, 2.45) is 10.7 Å². The number of rotatable bonds is 4. The maximum atomic E-state index is 6.09. The van der Waals surface area contributed by atoms with E-state index in [2.05, 4.69) is 37.0 Å². The second-order valence-electron chi connectivity index (χ2n) is 4.74. The van der Waals surface area contributed by atoms with Gasteiger partial charge in [0.1, 0.15) is 5.84 Å². The largest absolute Gasteiger partial charge is 0.383 e. The first-order valence-corrected chi connectivity index (χ1v) is 6.70. The lowest BCUT2D eigenvalue weighted by Crippen LogP contribution is -2.12. The first-order chi connectivity index (χ1) is 9.20. The fourth-order valence-corrected chi connectivity index (χ4v) is 2.02. The molecule has 0 amide bonds. The summed E-state index contributed by atoms with van der Waals surface area (Å²) in [5, 5.41) is 0. The Bertz CT molecular complexity index is 568. The van der Waals surface area contributed by atoms with Gasteiger partial charge in [0.25, 0.3) is 0 Å². The van der Waals surface area contributed by atoms with Crippen molar-refractivity contribution in [1.82, 2.24) is 0 Å². The molecule has 0 radical (unpaired) electrons. The van der Waals surface area contributed by atoms with Crippen LogP contribution in [-0.2, 0) is 6.42 Å². The Balaban J connectivity index is 2.32. The Kier molecular flexibility index (Phi) is 4.35. The monoisotopic (exact) mass is 252 g/mol. The van der Waals surface area contributed by atoms with E-state index in [0.29, 0.717) is 5.84 Å². The van der Waals surface area contributed by atoms with Crippen molar-refractivity contribution in [2.75, 3.05) is 0 Å². The Morgan fingerprint density at radius 2 is 1.74 bits per heavy atom. The Labute approximate surface area is 115 Å². The normalized spacial score (nSPS) is 11.6. The lowest BCUT2D eigenvalue weighted by molar-refractivity contribution is 0.921. The van der Waals surface area contributed by atoms with Crippen LogP contribution in [0.3, 0.4) is 0 Å². The van der Waals surface area contributed by atoms with E-state index >= 15 is 0 Å². The number of hydrogen-bond acceptors (Lipinski definition) is 1. The minimum absolute atomic E-state index is 0.573. The Morgan fingerprint density at radius 1 is 1.05 bits per heavy atom. The number of amidine groups is 1.